The number of nitrogens with zero attached hydrogens (tertiary/aromatic N) is 1. The molecule has 3 aromatic rings. The number of hydrogen-bond donors (Lipinski definition) is 1. The van der Waals surface area contributed by atoms with Crippen LogP contribution in [0.5, 0.6) is 0 Å². The van der Waals surface area contributed by atoms with Crippen molar-refractivity contribution in [3.8, 4) is 0 Å². The van der Waals surface area contributed by atoms with Crippen LogP contribution in [0.1, 0.15) is 5.56 Å². The van der Waals surface area contributed by atoms with Crippen LogP contribution in [-0.4, -0.2) is 16.6 Å². The molecular formula is C19H16N2OS2. The molecule has 24 heavy (non-hydrogen) atoms. The van der Waals surface area contributed by atoms with Crippen molar-refractivity contribution in [2.24, 2.45) is 0 Å². The van der Waals surface area contributed by atoms with Crippen molar-refractivity contribution in [3.05, 3.63) is 72.8 Å². The molecule has 0 aliphatic heterocycles. The third kappa shape index (κ3) is 4.34. The van der Waals surface area contributed by atoms with Gasteiger partial charge in [0.25, 0.3) is 0 Å². The normalized spacial score (nSPS) is 11.0. The van der Waals surface area contributed by atoms with Crippen molar-refractivity contribution in [1.82, 2.24) is 4.98 Å². The van der Waals surface area contributed by atoms with Crippen LogP contribution < -0.4 is 5.32 Å². The number of aromatic nitrogens is 1. The number of anilines is 1. The summed E-state index contributed by atoms with van der Waals surface area (Å²) >= 11 is 3.29. The Morgan fingerprint density at radius 3 is 2.88 bits per heavy atom. The second-order valence-corrected chi connectivity index (χ2v) is 7.29. The number of thiazole rings is 1. The molecule has 3 rings (SSSR count). The van der Waals surface area contributed by atoms with Gasteiger partial charge in [0.05, 0.1) is 10.2 Å². The number of fused-ring (bicyclic) bond motifs is 1. The first-order valence-electron chi connectivity index (χ1n) is 7.43. The van der Waals surface area contributed by atoms with Gasteiger partial charge in [-0.3, -0.25) is 4.79 Å². The maximum absolute atomic E-state index is 12.0. The molecule has 0 atom stereocenters. The lowest BCUT2D eigenvalue weighted by atomic mass is 10.2. The number of thioether (sulfide) groups is 1. The van der Waals surface area contributed by atoms with Crippen LogP contribution in [0.15, 0.2) is 71.6 Å². The van der Waals surface area contributed by atoms with E-state index in [0.717, 1.165) is 31.6 Å². The molecule has 0 spiro atoms. The molecule has 1 amide bonds. The minimum atomic E-state index is -0.149. The van der Waals surface area contributed by atoms with Gasteiger partial charge in [-0.1, -0.05) is 48.2 Å². The van der Waals surface area contributed by atoms with Gasteiger partial charge in [0.2, 0.25) is 5.91 Å². The van der Waals surface area contributed by atoms with Crippen LogP contribution in [0.4, 0.5) is 5.69 Å². The molecule has 0 unspecified atom stereocenters. The minimum absolute atomic E-state index is 0.149. The Morgan fingerprint density at radius 2 is 2.08 bits per heavy atom. The fraction of sp³-hybridized carbons (Fsp3) is 0.0526. The molecule has 0 saturated carbocycles. The number of carbonyl (C=O) groups excluding carboxylic acids is 1. The van der Waals surface area contributed by atoms with Crippen LogP contribution in [0.2, 0.25) is 0 Å². The first kappa shape index (κ1) is 16.5. The summed E-state index contributed by atoms with van der Waals surface area (Å²) in [5, 5.41) is 2.89. The van der Waals surface area contributed by atoms with Gasteiger partial charge in [-0.05, 0) is 29.8 Å². The van der Waals surface area contributed by atoms with Gasteiger partial charge in [0, 0.05) is 17.5 Å². The van der Waals surface area contributed by atoms with Crippen LogP contribution in [-0.2, 0) is 4.79 Å². The number of benzene rings is 2. The zero-order chi connectivity index (χ0) is 16.8. The van der Waals surface area contributed by atoms with Gasteiger partial charge in [0.15, 0.2) is 4.34 Å². The topological polar surface area (TPSA) is 42.0 Å². The van der Waals surface area contributed by atoms with Gasteiger partial charge >= 0.3 is 0 Å². The Bertz CT molecular complexity index is 885. The first-order valence-corrected chi connectivity index (χ1v) is 9.23. The van der Waals surface area contributed by atoms with Gasteiger partial charge in [0.1, 0.15) is 0 Å². The van der Waals surface area contributed by atoms with Crippen molar-refractivity contribution >= 4 is 51.0 Å². The molecule has 2 aromatic carbocycles. The Morgan fingerprint density at radius 1 is 1.25 bits per heavy atom. The van der Waals surface area contributed by atoms with Gasteiger partial charge in [-0.25, -0.2) is 4.98 Å². The molecule has 5 heteroatoms. The molecule has 0 aliphatic carbocycles. The van der Waals surface area contributed by atoms with Crippen molar-refractivity contribution < 1.29 is 4.79 Å². The highest BCUT2D eigenvalue weighted by Crippen LogP contribution is 2.31. The fourth-order valence-corrected chi connectivity index (χ4v) is 3.96. The fourth-order valence-electron chi connectivity index (χ4n) is 2.09. The summed E-state index contributed by atoms with van der Waals surface area (Å²) in [6, 6.07) is 15.5. The molecule has 0 aliphatic rings. The van der Waals surface area contributed by atoms with E-state index >= 15 is 0 Å². The Hall–Kier alpha value is -2.37. The van der Waals surface area contributed by atoms with Crippen LogP contribution in [0, 0.1) is 0 Å². The second-order valence-electron chi connectivity index (χ2n) is 5.00. The lowest BCUT2D eigenvalue weighted by molar-refractivity contribution is -0.111. The van der Waals surface area contributed by atoms with E-state index in [2.05, 4.69) is 16.9 Å². The highest BCUT2D eigenvalue weighted by atomic mass is 32.2. The molecule has 3 nitrogen and oxygen atoms in total. The maximum atomic E-state index is 12.0. The van der Waals surface area contributed by atoms with Crippen molar-refractivity contribution in [1.29, 1.82) is 0 Å². The molecule has 1 aromatic heterocycles. The summed E-state index contributed by atoms with van der Waals surface area (Å²) in [4.78, 5) is 16.6. The molecule has 1 heterocycles. The summed E-state index contributed by atoms with van der Waals surface area (Å²) in [6.45, 7) is 3.72. The summed E-state index contributed by atoms with van der Waals surface area (Å²) in [5.74, 6) is 0.692. The molecule has 0 bridgehead atoms. The van der Waals surface area contributed by atoms with E-state index in [9.17, 15) is 4.79 Å². The lowest BCUT2D eigenvalue weighted by Crippen LogP contribution is -2.07. The predicted molar refractivity (Wildman–Crippen MR) is 105 cm³/mol. The zero-order valence-electron chi connectivity index (χ0n) is 12.9. The number of hydrogen-bond acceptors (Lipinski definition) is 4. The molecular weight excluding hydrogens is 336 g/mol. The van der Waals surface area contributed by atoms with Crippen molar-refractivity contribution in [2.45, 2.75) is 4.34 Å². The Kier molecular flexibility index (Phi) is 5.46. The van der Waals surface area contributed by atoms with E-state index in [1.165, 1.54) is 6.08 Å². The Labute approximate surface area is 149 Å². The SMILES string of the molecule is C=CCSc1nc2ccc(NC(=O)C=Cc3ccccc3)cc2s1. The highest BCUT2D eigenvalue weighted by Gasteiger charge is 2.06. The number of nitrogens with one attached hydrogen (secondary N) is 1. The summed E-state index contributed by atoms with van der Waals surface area (Å²) < 4.78 is 2.07. The van der Waals surface area contributed by atoms with Crippen LogP contribution >= 0.6 is 23.1 Å². The van der Waals surface area contributed by atoms with Gasteiger partial charge < -0.3 is 5.32 Å². The zero-order valence-corrected chi connectivity index (χ0v) is 14.6. The van der Waals surface area contributed by atoms with Crippen molar-refractivity contribution in [2.75, 3.05) is 11.1 Å². The smallest absolute Gasteiger partial charge is 0.248 e. The molecule has 0 saturated heterocycles. The third-order valence-electron chi connectivity index (χ3n) is 3.19. The molecule has 1 N–H and O–H groups in total. The molecule has 0 radical (unpaired) electrons. The summed E-state index contributed by atoms with van der Waals surface area (Å²) in [6.07, 6.45) is 5.20. The average Bonchev–Trinajstić information content (AvgIpc) is 3.01. The highest BCUT2D eigenvalue weighted by molar-refractivity contribution is 8.01. The van der Waals surface area contributed by atoms with E-state index < -0.39 is 0 Å². The van der Waals surface area contributed by atoms with E-state index in [0.29, 0.717) is 0 Å². The number of carbonyl (C=O) groups is 1. The maximum Gasteiger partial charge on any atom is 0.248 e. The van der Waals surface area contributed by atoms with Crippen LogP contribution in [0.3, 0.4) is 0 Å². The van der Waals surface area contributed by atoms with Gasteiger partial charge in [-0.15, -0.1) is 17.9 Å². The average molecular weight is 352 g/mol. The standard InChI is InChI=1S/C19H16N2OS2/c1-2-12-23-19-21-16-10-9-15(13-17(16)24-19)20-18(22)11-8-14-6-4-3-5-7-14/h2-11,13H,1,12H2,(H,20,22). The summed E-state index contributed by atoms with van der Waals surface area (Å²) in [5.41, 5.74) is 2.72. The predicted octanol–water partition coefficient (Wildman–Crippen LogP) is 5.23. The van der Waals surface area contributed by atoms with Crippen LogP contribution in [0.25, 0.3) is 16.3 Å². The van der Waals surface area contributed by atoms with Gasteiger partial charge in [-0.2, -0.15) is 0 Å². The molecule has 120 valence electrons. The second kappa shape index (κ2) is 7.95. The van der Waals surface area contributed by atoms with Crippen molar-refractivity contribution in [3.63, 3.8) is 0 Å². The Balaban J connectivity index is 1.69. The quantitative estimate of drug-likeness (QED) is 0.375. The largest absolute Gasteiger partial charge is 0.322 e. The third-order valence-corrected chi connectivity index (χ3v) is 5.34. The number of amides is 1. The van der Waals surface area contributed by atoms with E-state index in [1.807, 2.05) is 54.6 Å². The summed E-state index contributed by atoms with van der Waals surface area (Å²) in [7, 11) is 0. The van der Waals surface area contributed by atoms with E-state index in [4.69, 9.17) is 0 Å². The minimum Gasteiger partial charge on any atom is -0.322 e. The number of rotatable bonds is 6. The lowest BCUT2D eigenvalue weighted by Gasteiger charge is -2.01. The van der Waals surface area contributed by atoms with E-state index in [1.54, 1.807) is 29.2 Å². The molecule has 0 fully saturated rings. The monoisotopic (exact) mass is 352 g/mol. The van der Waals surface area contributed by atoms with E-state index in [-0.39, 0.29) is 5.91 Å². The first-order chi connectivity index (χ1) is 11.7.